The van der Waals surface area contributed by atoms with Crippen LogP contribution in [0, 0.1) is 0 Å². The van der Waals surface area contributed by atoms with Crippen molar-refractivity contribution in [2.45, 2.75) is 4.90 Å². The second-order valence-corrected chi connectivity index (χ2v) is 8.93. The number of amides is 1. The number of anilines is 2. The highest BCUT2D eigenvalue weighted by molar-refractivity contribution is 7.89. The molecule has 0 heterocycles. The van der Waals surface area contributed by atoms with Crippen LogP contribution in [0.3, 0.4) is 0 Å². The van der Waals surface area contributed by atoms with Crippen molar-refractivity contribution in [3.05, 3.63) is 52.0 Å². The second-order valence-electron chi connectivity index (χ2n) is 5.94. The third-order valence-electron chi connectivity index (χ3n) is 3.65. The van der Waals surface area contributed by atoms with Crippen LogP contribution < -0.4 is 10.2 Å². The predicted molar refractivity (Wildman–Crippen MR) is 106 cm³/mol. The summed E-state index contributed by atoms with van der Waals surface area (Å²) in [6, 6.07) is 9.09. The lowest BCUT2D eigenvalue weighted by atomic mass is 10.2. The van der Waals surface area contributed by atoms with E-state index in [0.29, 0.717) is 16.4 Å². The molecule has 26 heavy (non-hydrogen) atoms. The first-order valence-corrected chi connectivity index (χ1v) is 9.74. The number of nitrogens with zero attached hydrogens (tertiary/aromatic N) is 2. The van der Waals surface area contributed by atoms with Crippen LogP contribution in [-0.4, -0.2) is 46.8 Å². The van der Waals surface area contributed by atoms with Crippen molar-refractivity contribution in [3.8, 4) is 0 Å². The number of carbonyl (C=O) groups is 1. The van der Waals surface area contributed by atoms with Gasteiger partial charge >= 0.3 is 0 Å². The Morgan fingerprint density at radius 1 is 1.00 bits per heavy atom. The SMILES string of the molecule is CN(C)c1ccc(S(=O)(=O)N(C)C)cc1NC(=O)c1ccc(Cl)cc1Cl. The van der Waals surface area contributed by atoms with E-state index >= 15 is 0 Å². The largest absolute Gasteiger partial charge is 0.376 e. The molecule has 0 spiro atoms. The molecular weight excluding hydrogens is 397 g/mol. The van der Waals surface area contributed by atoms with Crippen LogP contribution in [0.2, 0.25) is 10.0 Å². The zero-order valence-corrected chi connectivity index (χ0v) is 17.1. The summed E-state index contributed by atoms with van der Waals surface area (Å²) in [6.07, 6.45) is 0. The quantitative estimate of drug-likeness (QED) is 0.809. The van der Waals surface area contributed by atoms with Gasteiger partial charge in [0.25, 0.3) is 5.91 Å². The summed E-state index contributed by atoms with van der Waals surface area (Å²) in [5.41, 5.74) is 1.25. The van der Waals surface area contributed by atoms with Gasteiger partial charge in [-0.25, -0.2) is 12.7 Å². The summed E-state index contributed by atoms with van der Waals surface area (Å²) in [7, 11) is 2.84. The standard InChI is InChI=1S/C17H19Cl2N3O3S/c1-21(2)16-8-6-12(26(24,25)22(3)4)10-15(16)20-17(23)13-7-5-11(18)9-14(13)19/h5-10H,1-4H3,(H,20,23). The van der Waals surface area contributed by atoms with Crippen molar-refractivity contribution >= 4 is 50.5 Å². The predicted octanol–water partition coefficient (Wildman–Crippen LogP) is 3.56. The Morgan fingerprint density at radius 2 is 1.65 bits per heavy atom. The third-order valence-corrected chi connectivity index (χ3v) is 6.01. The number of halogens is 2. The van der Waals surface area contributed by atoms with Crippen molar-refractivity contribution in [2.75, 3.05) is 38.4 Å². The van der Waals surface area contributed by atoms with Gasteiger partial charge < -0.3 is 10.2 Å². The maximum absolute atomic E-state index is 12.6. The van der Waals surface area contributed by atoms with Gasteiger partial charge in [-0.3, -0.25) is 4.79 Å². The van der Waals surface area contributed by atoms with Crippen LogP contribution >= 0.6 is 23.2 Å². The molecule has 0 atom stereocenters. The van der Waals surface area contributed by atoms with Gasteiger partial charge in [0.1, 0.15) is 0 Å². The molecule has 0 aliphatic heterocycles. The van der Waals surface area contributed by atoms with E-state index in [1.165, 1.54) is 38.4 Å². The van der Waals surface area contributed by atoms with Crippen molar-refractivity contribution in [1.82, 2.24) is 4.31 Å². The zero-order valence-electron chi connectivity index (χ0n) is 14.7. The average Bonchev–Trinajstić information content (AvgIpc) is 2.54. The smallest absolute Gasteiger partial charge is 0.257 e. The summed E-state index contributed by atoms with van der Waals surface area (Å²) >= 11 is 11.9. The molecule has 2 aromatic carbocycles. The highest BCUT2D eigenvalue weighted by Crippen LogP contribution is 2.30. The molecule has 0 bridgehead atoms. The van der Waals surface area contributed by atoms with Crippen LogP contribution in [0.15, 0.2) is 41.3 Å². The molecule has 0 saturated carbocycles. The summed E-state index contributed by atoms with van der Waals surface area (Å²) in [5, 5.41) is 3.35. The van der Waals surface area contributed by atoms with Gasteiger partial charge in [-0.1, -0.05) is 23.2 Å². The van der Waals surface area contributed by atoms with E-state index in [1.54, 1.807) is 31.1 Å². The van der Waals surface area contributed by atoms with Gasteiger partial charge in [0, 0.05) is 33.2 Å². The number of benzene rings is 2. The fraction of sp³-hybridized carbons (Fsp3) is 0.235. The van der Waals surface area contributed by atoms with E-state index in [-0.39, 0.29) is 15.5 Å². The van der Waals surface area contributed by atoms with E-state index in [1.807, 2.05) is 0 Å². The molecule has 2 rings (SSSR count). The Kier molecular flexibility index (Phi) is 6.18. The molecule has 6 nitrogen and oxygen atoms in total. The van der Waals surface area contributed by atoms with Gasteiger partial charge in [-0.2, -0.15) is 0 Å². The molecule has 0 aliphatic rings. The van der Waals surface area contributed by atoms with E-state index in [2.05, 4.69) is 5.32 Å². The van der Waals surface area contributed by atoms with Gasteiger partial charge in [-0.15, -0.1) is 0 Å². The Balaban J connectivity index is 2.48. The number of nitrogens with one attached hydrogen (secondary N) is 1. The minimum absolute atomic E-state index is 0.0746. The first-order valence-electron chi connectivity index (χ1n) is 7.54. The van der Waals surface area contributed by atoms with Crippen LogP contribution in [0.5, 0.6) is 0 Å². The van der Waals surface area contributed by atoms with Gasteiger partial charge in [0.15, 0.2) is 0 Å². The van der Waals surface area contributed by atoms with Crippen LogP contribution in [0.25, 0.3) is 0 Å². The molecule has 0 fully saturated rings. The zero-order chi connectivity index (χ0) is 19.6. The minimum atomic E-state index is -3.64. The third kappa shape index (κ3) is 4.29. The Bertz CT molecular complexity index is 944. The second kappa shape index (κ2) is 7.84. The Hall–Kier alpha value is -1.80. The average molecular weight is 416 g/mol. The number of hydrogen-bond donors (Lipinski definition) is 1. The minimum Gasteiger partial charge on any atom is -0.376 e. The topological polar surface area (TPSA) is 69.7 Å². The molecule has 1 amide bonds. The van der Waals surface area contributed by atoms with Crippen LogP contribution in [0.4, 0.5) is 11.4 Å². The molecule has 0 aromatic heterocycles. The lowest BCUT2D eigenvalue weighted by Gasteiger charge is -2.20. The highest BCUT2D eigenvalue weighted by atomic mass is 35.5. The summed E-state index contributed by atoms with van der Waals surface area (Å²) in [4.78, 5) is 14.4. The number of carbonyl (C=O) groups excluding carboxylic acids is 1. The maximum Gasteiger partial charge on any atom is 0.257 e. The Labute approximate surface area is 163 Å². The lowest BCUT2D eigenvalue weighted by molar-refractivity contribution is 0.102. The molecule has 0 radical (unpaired) electrons. The fourth-order valence-electron chi connectivity index (χ4n) is 2.24. The highest BCUT2D eigenvalue weighted by Gasteiger charge is 2.21. The van der Waals surface area contributed by atoms with E-state index in [9.17, 15) is 13.2 Å². The number of hydrogen-bond acceptors (Lipinski definition) is 4. The monoisotopic (exact) mass is 415 g/mol. The maximum atomic E-state index is 12.6. The van der Waals surface area contributed by atoms with Gasteiger partial charge in [0.2, 0.25) is 10.0 Å². The van der Waals surface area contributed by atoms with Gasteiger partial charge in [0.05, 0.1) is 26.9 Å². The van der Waals surface area contributed by atoms with Gasteiger partial charge in [-0.05, 0) is 36.4 Å². The first kappa shape index (κ1) is 20.5. The summed E-state index contributed by atoms with van der Waals surface area (Å²) in [5.74, 6) is -0.464. The van der Waals surface area contributed by atoms with E-state index in [4.69, 9.17) is 23.2 Å². The normalized spacial score (nSPS) is 11.5. The molecular formula is C17H19Cl2N3O3S. The van der Waals surface area contributed by atoms with E-state index < -0.39 is 15.9 Å². The van der Waals surface area contributed by atoms with E-state index in [0.717, 1.165) is 4.31 Å². The van der Waals surface area contributed by atoms with Crippen molar-refractivity contribution in [1.29, 1.82) is 0 Å². The molecule has 0 saturated heterocycles. The molecule has 0 aliphatic carbocycles. The van der Waals surface area contributed by atoms with Crippen molar-refractivity contribution in [3.63, 3.8) is 0 Å². The molecule has 0 unspecified atom stereocenters. The fourth-order valence-corrected chi connectivity index (χ4v) is 3.66. The molecule has 2 aromatic rings. The lowest BCUT2D eigenvalue weighted by Crippen LogP contribution is -2.23. The van der Waals surface area contributed by atoms with Crippen molar-refractivity contribution in [2.24, 2.45) is 0 Å². The molecule has 1 N–H and O–H groups in total. The summed E-state index contributed by atoms with van der Waals surface area (Å²) in [6.45, 7) is 0. The molecule has 9 heteroatoms. The van der Waals surface area contributed by atoms with Crippen LogP contribution in [-0.2, 0) is 10.0 Å². The van der Waals surface area contributed by atoms with Crippen LogP contribution in [0.1, 0.15) is 10.4 Å². The Morgan fingerprint density at radius 3 is 2.19 bits per heavy atom. The summed E-state index contributed by atoms with van der Waals surface area (Å²) < 4.78 is 25.9. The number of rotatable bonds is 5. The first-order chi connectivity index (χ1) is 12.0. The number of sulfonamides is 1. The van der Waals surface area contributed by atoms with Crippen molar-refractivity contribution < 1.29 is 13.2 Å². The molecule has 140 valence electrons.